The molecule has 188 valence electrons. The number of fused-ring (bicyclic) bond motifs is 7. The molecule has 0 saturated carbocycles. The number of hydrogen-bond donors (Lipinski definition) is 3. The van der Waals surface area contributed by atoms with E-state index in [0.29, 0.717) is 41.4 Å². The van der Waals surface area contributed by atoms with Crippen molar-refractivity contribution in [1.82, 2.24) is 29.8 Å². The van der Waals surface area contributed by atoms with Gasteiger partial charge in [0.1, 0.15) is 24.3 Å². The van der Waals surface area contributed by atoms with E-state index in [9.17, 15) is 4.39 Å². The first-order chi connectivity index (χ1) is 17.3. The second-order valence-corrected chi connectivity index (χ2v) is 9.02. The largest absolute Gasteiger partial charge is 0.482 e. The number of aryl methyl sites for hydroxylation is 2. The molecule has 4 heterocycles. The Morgan fingerprint density at radius 2 is 2.08 bits per heavy atom. The fourth-order valence-electron chi connectivity index (χ4n) is 4.38. The number of aromatic nitrogens is 6. The lowest BCUT2D eigenvalue weighted by Gasteiger charge is -2.22. The van der Waals surface area contributed by atoms with E-state index >= 15 is 0 Å². The van der Waals surface area contributed by atoms with Crippen molar-refractivity contribution in [3.05, 3.63) is 59.3 Å². The molecule has 3 N–H and O–H groups in total. The zero-order valence-corrected chi connectivity index (χ0v) is 20.8. The van der Waals surface area contributed by atoms with Crippen LogP contribution < -0.4 is 10.1 Å². The molecule has 1 unspecified atom stereocenters. The molecule has 1 aliphatic heterocycles. The summed E-state index contributed by atoms with van der Waals surface area (Å²) in [7, 11) is -0.778. The minimum absolute atomic E-state index is 0.192. The van der Waals surface area contributed by atoms with E-state index in [2.05, 4.69) is 25.6 Å². The van der Waals surface area contributed by atoms with Crippen molar-refractivity contribution in [3.63, 3.8) is 0 Å². The summed E-state index contributed by atoms with van der Waals surface area (Å²) in [6.45, 7) is 4.27. The minimum atomic E-state index is -2.53. The van der Waals surface area contributed by atoms with E-state index in [1.165, 1.54) is 16.9 Å². The predicted molar refractivity (Wildman–Crippen MR) is 130 cm³/mol. The van der Waals surface area contributed by atoms with Crippen molar-refractivity contribution < 1.29 is 23.4 Å². The first-order valence-corrected chi connectivity index (χ1v) is 12.5. The molecule has 1 atom stereocenters. The van der Waals surface area contributed by atoms with Gasteiger partial charge in [-0.15, -0.1) is 0 Å². The highest BCUT2D eigenvalue weighted by Gasteiger charge is 2.25. The van der Waals surface area contributed by atoms with Gasteiger partial charge in [-0.2, -0.15) is 20.1 Å². The summed E-state index contributed by atoms with van der Waals surface area (Å²) >= 11 is 0. The normalized spacial score (nSPS) is 14.8. The molecule has 5 rings (SSSR count). The third kappa shape index (κ3) is 4.68. The topological polar surface area (TPSA) is 132 Å². The summed E-state index contributed by atoms with van der Waals surface area (Å²) in [5.74, 6) is 0.321. The molecule has 11 nitrogen and oxygen atoms in total. The quantitative estimate of drug-likeness (QED) is 0.271. The minimum Gasteiger partial charge on any atom is -0.482 e. The average Bonchev–Trinajstić information content (AvgIpc) is 3.41. The van der Waals surface area contributed by atoms with Gasteiger partial charge in [0.05, 0.1) is 17.6 Å². The van der Waals surface area contributed by atoms with Gasteiger partial charge in [-0.25, -0.2) is 9.37 Å². The van der Waals surface area contributed by atoms with E-state index in [4.69, 9.17) is 19.0 Å². The molecule has 2 bridgehead atoms. The molecule has 1 aliphatic rings. The lowest BCUT2D eigenvalue weighted by Crippen LogP contribution is -2.12. The maximum Gasteiger partial charge on any atom is 0.328 e. The van der Waals surface area contributed by atoms with Crippen LogP contribution in [0.25, 0.3) is 22.5 Å². The molecule has 36 heavy (non-hydrogen) atoms. The van der Waals surface area contributed by atoms with E-state index in [1.807, 2.05) is 30.8 Å². The van der Waals surface area contributed by atoms with Gasteiger partial charge in [-0.3, -0.25) is 9.21 Å². The van der Waals surface area contributed by atoms with Crippen LogP contribution in [0.15, 0.2) is 36.7 Å². The Kier molecular flexibility index (Phi) is 6.67. The zero-order valence-electron chi connectivity index (χ0n) is 19.9. The highest BCUT2D eigenvalue weighted by molar-refractivity contribution is 7.39. The van der Waals surface area contributed by atoms with Gasteiger partial charge in [-0.05, 0) is 38.1 Å². The van der Waals surface area contributed by atoms with Gasteiger partial charge in [0, 0.05) is 48.5 Å². The third-order valence-electron chi connectivity index (χ3n) is 5.91. The molecule has 0 radical (unpaired) electrons. The Bertz CT molecular complexity index is 1410. The molecule has 0 saturated heterocycles. The van der Waals surface area contributed by atoms with Crippen LogP contribution in [0, 0.1) is 5.82 Å². The Morgan fingerprint density at radius 3 is 2.86 bits per heavy atom. The van der Waals surface area contributed by atoms with Gasteiger partial charge in [0.25, 0.3) is 0 Å². The second-order valence-electron chi connectivity index (χ2n) is 8.26. The van der Waals surface area contributed by atoms with E-state index in [1.54, 1.807) is 19.3 Å². The molecular formula is C23H25FN7O4P. The number of pyridine rings is 1. The van der Waals surface area contributed by atoms with Crippen LogP contribution in [0.1, 0.15) is 36.8 Å². The summed E-state index contributed by atoms with van der Waals surface area (Å²) in [4.78, 5) is 24.2. The Hall–Kier alpha value is -3.44. The Balaban J connectivity index is 1.70. The SMILES string of the molecule is CCn1ncc2c1-c1cnc(NCOP(O)O)c(c1)OC(C)c1cc(F)ccc1-c1nn(C)nc1C2. The predicted octanol–water partition coefficient (Wildman–Crippen LogP) is 3.54. The first-order valence-electron chi connectivity index (χ1n) is 11.3. The van der Waals surface area contributed by atoms with Crippen LogP contribution in [-0.2, 0) is 24.5 Å². The molecule has 0 fully saturated rings. The highest BCUT2D eigenvalue weighted by Crippen LogP contribution is 2.38. The summed E-state index contributed by atoms with van der Waals surface area (Å²) in [6, 6.07) is 6.35. The Labute approximate surface area is 207 Å². The molecule has 13 heteroatoms. The number of ether oxygens (including phenoxy) is 1. The van der Waals surface area contributed by atoms with E-state index < -0.39 is 20.5 Å². The molecule has 0 aliphatic carbocycles. The zero-order chi connectivity index (χ0) is 25.4. The van der Waals surface area contributed by atoms with Crippen LogP contribution in [-0.4, -0.2) is 46.3 Å². The molecule has 0 spiro atoms. The number of anilines is 1. The van der Waals surface area contributed by atoms with E-state index in [0.717, 1.165) is 22.5 Å². The maximum atomic E-state index is 14.4. The van der Waals surface area contributed by atoms with Gasteiger partial charge in [0.15, 0.2) is 11.6 Å². The highest BCUT2D eigenvalue weighted by atomic mass is 31.2. The van der Waals surface area contributed by atoms with Crippen LogP contribution in [0.3, 0.4) is 0 Å². The summed E-state index contributed by atoms with van der Waals surface area (Å²) in [5, 5.41) is 16.7. The van der Waals surface area contributed by atoms with Crippen molar-refractivity contribution in [2.45, 2.75) is 32.9 Å². The number of rotatable bonds is 5. The number of nitrogens with zero attached hydrogens (tertiary/aromatic N) is 6. The van der Waals surface area contributed by atoms with Gasteiger partial charge in [-0.1, -0.05) is 0 Å². The monoisotopic (exact) mass is 513 g/mol. The fraction of sp³-hybridized carbons (Fsp3) is 0.304. The van der Waals surface area contributed by atoms with Crippen LogP contribution >= 0.6 is 8.60 Å². The van der Waals surface area contributed by atoms with Crippen LogP contribution in [0.5, 0.6) is 5.75 Å². The summed E-state index contributed by atoms with van der Waals surface area (Å²) in [6.07, 6.45) is 3.36. The van der Waals surface area contributed by atoms with Gasteiger partial charge < -0.3 is 19.8 Å². The van der Waals surface area contributed by atoms with Crippen LogP contribution in [0.4, 0.5) is 10.2 Å². The van der Waals surface area contributed by atoms with Crippen molar-refractivity contribution in [2.24, 2.45) is 7.05 Å². The van der Waals surface area contributed by atoms with E-state index in [-0.39, 0.29) is 6.73 Å². The second kappa shape index (κ2) is 9.90. The lowest BCUT2D eigenvalue weighted by molar-refractivity contribution is 0.226. The average molecular weight is 513 g/mol. The molecular weight excluding hydrogens is 488 g/mol. The standard InChI is InChI=1S/C23H25FN7O4P/c1-4-31-22-14(11-27-31)7-19-21(29-30(3)28-19)17-6-5-16(24)9-18(17)13(2)35-20-8-15(22)10-25-23(20)26-12-34-36(32)33/h5-6,8-11,13,32-33H,4,7,12H2,1-3H3,(H,25,26). The van der Waals surface area contributed by atoms with Crippen molar-refractivity contribution in [1.29, 1.82) is 0 Å². The van der Waals surface area contributed by atoms with Crippen LogP contribution in [0.2, 0.25) is 0 Å². The first kappa shape index (κ1) is 24.3. The number of benzene rings is 1. The maximum absolute atomic E-state index is 14.4. The van der Waals surface area contributed by atoms with Crippen molar-refractivity contribution in [2.75, 3.05) is 12.0 Å². The van der Waals surface area contributed by atoms with Gasteiger partial charge in [0.2, 0.25) is 0 Å². The molecule has 3 aromatic heterocycles. The van der Waals surface area contributed by atoms with Crippen molar-refractivity contribution in [3.8, 4) is 28.3 Å². The number of halogens is 1. The number of nitrogens with one attached hydrogen (secondary N) is 1. The molecule has 0 amide bonds. The van der Waals surface area contributed by atoms with Crippen molar-refractivity contribution >= 4 is 14.4 Å². The summed E-state index contributed by atoms with van der Waals surface area (Å²) < 4.78 is 27.4. The van der Waals surface area contributed by atoms with Gasteiger partial charge >= 0.3 is 8.60 Å². The summed E-state index contributed by atoms with van der Waals surface area (Å²) in [5.41, 5.74) is 5.27. The third-order valence-corrected chi connectivity index (χ3v) is 6.27. The lowest BCUT2D eigenvalue weighted by atomic mass is 9.96. The molecule has 1 aromatic carbocycles. The molecule has 4 aromatic rings. The smallest absolute Gasteiger partial charge is 0.328 e. The Morgan fingerprint density at radius 1 is 1.25 bits per heavy atom. The number of hydrogen-bond acceptors (Lipinski definition) is 9. The fourth-order valence-corrected chi connectivity index (χ4v) is 4.56.